The Kier molecular flexibility index (Phi) is 3.84. The summed E-state index contributed by atoms with van der Waals surface area (Å²) in [5.74, 6) is 0.658. The molecule has 0 spiro atoms. The van der Waals surface area contributed by atoms with Crippen LogP contribution in [-0.4, -0.2) is 33.8 Å². The summed E-state index contributed by atoms with van der Waals surface area (Å²) in [6, 6.07) is 1.08. The van der Waals surface area contributed by atoms with Crippen molar-refractivity contribution in [2.75, 3.05) is 13.1 Å². The van der Waals surface area contributed by atoms with Crippen LogP contribution in [0.25, 0.3) is 0 Å². The maximum absolute atomic E-state index is 5.81. The molecule has 17 heavy (non-hydrogen) atoms. The van der Waals surface area contributed by atoms with Gasteiger partial charge in [0.05, 0.1) is 6.20 Å². The summed E-state index contributed by atoms with van der Waals surface area (Å²) in [6.45, 7) is 6.52. The molecule has 3 atom stereocenters. The van der Waals surface area contributed by atoms with E-state index in [9.17, 15) is 0 Å². The minimum absolute atomic E-state index is 0.438. The van der Waals surface area contributed by atoms with E-state index in [4.69, 9.17) is 5.73 Å². The van der Waals surface area contributed by atoms with Gasteiger partial charge >= 0.3 is 0 Å². The normalized spacial score (nSPS) is 28.2. The van der Waals surface area contributed by atoms with Gasteiger partial charge in [-0.15, -0.1) is 0 Å². The number of hydrogen-bond acceptors (Lipinski definition) is 3. The van der Waals surface area contributed by atoms with Crippen molar-refractivity contribution in [2.24, 2.45) is 18.7 Å². The number of aryl methyl sites for hydroxylation is 1. The van der Waals surface area contributed by atoms with Gasteiger partial charge in [0.1, 0.15) is 0 Å². The number of nitrogens with zero attached hydrogens (tertiary/aromatic N) is 3. The summed E-state index contributed by atoms with van der Waals surface area (Å²) >= 11 is 0. The highest BCUT2D eigenvalue weighted by molar-refractivity contribution is 5.10. The van der Waals surface area contributed by atoms with Crippen molar-refractivity contribution < 1.29 is 0 Å². The number of nitrogens with two attached hydrogens (primary N) is 1. The van der Waals surface area contributed by atoms with Gasteiger partial charge in [-0.2, -0.15) is 5.10 Å². The average Bonchev–Trinajstić information content (AvgIpc) is 2.76. The Morgan fingerprint density at radius 1 is 1.53 bits per heavy atom. The summed E-state index contributed by atoms with van der Waals surface area (Å²) < 4.78 is 1.88. The predicted molar refractivity (Wildman–Crippen MR) is 69.6 cm³/mol. The molecule has 2 heterocycles. The lowest BCUT2D eigenvalue weighted by atomic mass is 9.91. The van der Waals surface area contributed by atoms with E-state index in [0.29, 0.717) is 18.0 Å². The first-order valence-electron chi connectivity index (χ1n) is 6.56. The van der Waals surface area contributed by atoms with E-state index in [2.05, 4.69) is 30.0 Å². The molecule has 0 aliphatic carbocycles. The van der Waals surface area contributed by atoms with E-state index in [1.54, 1.807) is 0 Å². The highest BCUT2D eigenvalue weighted by Crippen LogP contribution is 2.29. The SMILES string of the molecule is CC1CCC(CN)CN1C(C)c1cnn(C)c1. The minimum Gasteiger partial charge on any atom is -0.330 e. The van der Waals surface area contributed by atoms with E-state index in [1.807, 2.05) is 17.9 Å². The summed E-state index contributed by atoms with van der Waals surface area (Å²) in [6.07, 6.45) is 6.62. The second-order valence-corrected chi connectivity index (χ2v) is 5.35. The largest absolute Gasteiger partial charge is 0.330 e. The van der Waals surface area contributed by atoms with E-state index in [1.165, 1.54) is 18.4 Å². The third kappa shape index (κ3) is 2.69. The Morgan fingerprint density at radius 3 is 2.88 bits per heavy atom. The third-order valence-corrected chi connectivity index (χ3v) is 4.07. The van der Waals surface area contributed by atoms with Crippen LogP contribution in [0.1, 0.15) is 38.3 Å². The van der Waals surface area contributed by atoms with Gasteiger partial charge in [0.15, 0.2) is 0 Å². The van der Waals surface area contributed by atoms with Gasteiger partial charge in [-0.05, 0) is 39.2 Å². The highest BCUT2D eigenvalue weighted by atomic mass is 15.3. The minimum atomic E-state index is 0.438. The zero-order chi connectivity index (χ0) is 12.4. The predicted octanol–water partition coefficient (Wildman–Crippen LogP) is 1.54. The molecule has 96 valence electrons. The summed E-state index contributed by atoms with van der Waals surface area (Å²) in [4.78, 5) is 2.57. The van der Waals surface area contributed by atoms with Crippen LogP contribution >= 0.6 is 0 Å². The molecular formula is C13H24N4. The van der Waals surface area contributed by atoms with Crippen molar-refractivity contribution >= 4 is 0 Å². The molecule has 2 rings (SSSR count). The van der Waals surface area contributed by atoms with Gasteiger partial charge in [-0.25, -0.2) is 0 Å². The molecule has 1 aromatic rings. The molecule has 0 amide bonds. The summed E-state index contributed by atoms with van der Waals surface area (Å²) in [5, 5.41) is 4.26. The smallest absolute Gasteiger partial charge is 0.0537 e. The first kappa shape index (κ1) is 12.6. The van der Waals surface area contributed by atoms with Gasteiger partial charge in [0.25, 0.3) is 0 Å². The van der Waals surface area contributed by atoms with Crippen molar-refractivity contribution in [3.05, 3.63) is 18.0 Å². The van der Waals surface area contributed by atoms with Crippen LogP contribution in [0.3, 0.4) is 0 Å². The van der Waals surface area contributed by atoms with Crippen molar-refractivity contribution in [3.63, 3.8) is 0 Å². The standard InChI is InChI=1S/C13H24N4/c1-10-4-5-12(6-14)8-17(10)11(2)13-7-15-16(3)9-13/h7,9-12H,4-6,8,14H2,1-3H3. The number of hydrogen-bond donors (Lipinski definition) is 1. The quantitative estimate of drug-likeness (QED) is 0.866. The van der Waals surface area contributed by atoms with Crippen LogP contribution in [0.4, 0.5) is 0 Å². The van der Waals surface area contributed by atoms with Crippen LogP contribution in [0.5, 0.6) is 0 Å². The van der Waals surface area contributed by atoms with Crippen molar-refractivity contribution in [1.82, 2.24) is 14.7 Å². The van der Waals surface area contributed by atoms with Gasteiger partial charge < -0.3 is 5.73 Å². The van der Waals surface area contributed by atoms with E-state index >= 15 is 0 Å². The molecule has 3 unspecified atom stereocenters. The maximum Gasteiger partial charge on any atom is 0.0537 e. The Hall–Kier alpha value is -0.870. The Balaban J connectivity index is 2.09. The fraction of sp³-hybridized carbons (Fsp3) is 0.769. The zero-order valence-electron chi connectivity index (χ0n) is 11.1. The second-order valence-electron chi connectivity index (χ2n) is 5.35. The Morgan fingerprint density at radius 2 is 2.29 bits per heavy atom. The van der Waals surface area contributed by atoms with E-state index in [0.717, 1.165) is 13.1 Å². The summed E-state index contributed by atoms with van der Waals surface area (Å²) in [5.41, 5.74) is 7.11. The second kappa shape index (κ2) is 5.19. The lowest BCUT2D eigenvalue weighted by Gasteiger charge is -2.41. The number of aromatic nitrogens is 2. The maximum atomic E-state index is 5.81. The van der Waals surface area contributed by atoms with Crippen LogP contribution in [-0.2, 0) is 7.05 Å². The zero-order valence-corrected chi connectivity index (χ0v) is 11.1. The molecule has 0 aromatic carbocycles. The lowest BCUT2D eigenvalue weighted by molar-refractivity contribution is 0.0812. The van der Waals surface area contributed by atoms with Gasteiger partial charge in [-0.1, -0.05) is 0 Å². The lowest BCUT2D eigenvalue weighted by Crippen LogP contribution is -2.44. The van der Waals surface area contributed by atoms with Crippen molar-refractivity contribution in [3.8, 4) is 0 Å². The van der Waals surface area contributed by atoms with Gasteiger partial charge in [0.2, 0.25) is 0 Å². The van der Waals surface area contributed by atoms with Crippen LogP contribution in [0, 0.1) is 5.92 Å². The van der Waals surface area contributed by atoms with Gasteiger partial charge in [0, 0.05) is 37.4 Å². The first-order chi connectivity index (χ1) is 8.11. The molecular weight excluding hydrogens is 212 g/mol. The molecule has 4 nitrogen and oxygen atoms in total. The fourth-order valence-corrected chi connectivity index (χ4v) is 2.79. The van der Waals surface area contributed by atoms with Crippen LogP contribution < -0.4 is 5.73 Å². The molecule has 1 saturated heterocycles. The van der Waals surface area contributed by atoms with Crippen LogP contribution in [0.15, 0.2) is 12.4 Å². The molecule has 1 fully saturated rings. The number of likely N-dealkylation sites (tertiary alicyclic amines) is 1. The monoisotopic (exact) mass is 236 g/mol. The highest BCUT2D eigenvalue weighted by Gasteiger charge is 2.29. The molecule has 0 bridgehead atoms. The Bertz CT molecular complexity index is 360. The molecule has 2 N–H and O–H groups in total. The molecule has 0 radical (unpaired) electrons. The van der Waals surface area contributed by atoms with E-state index in [-0.39, 0.29) is 0 Å². The number of rotatable bonds is 3. The van der Waals surface area contributed by atoms with E-state index < -0.39 is 0 Å². The van der Waals surface area contributed by atoms with Crippen molar-refractivity contribution in [1.29, 1.82) is 0 Å². The number of piperidine rings is 1. The molecule has 4 heteroatoms. The van der Waals surface area contributed by atoms with Crippen molar-refractivity contribution in [2.45, 2.75) is 38.8 Å². The average molecular weight is 236 g/mol. The first-order valence-corrected chi connectivity index (χ1v) is 6.56. The van der Waals surface area contributed by atoms with Crippen LogP contribution in [0.2, 0.25) is 0 Å². The Labute approximate surface area is 104 Å². The van der Waals surface area contributed by atoms with Gasteiger partial charge in [-0.3, -0.25) is 9.58 Å². The molecule has 1 aliphatic heterocycles. The molecule has 0 saturated carbocycles. The summed E-state index contributed by atoms with van der Waals surface area (Å²) in [7, 11) is 1.97. The topological polar surface area (TPSA) is 47.1 Å². The third-order valence-electron chi connectivity index (χ3n) is 4.07. The molecule has 1 aliphatic rings. The molecule has 1 aromatic heterocycles. The fourth-order valence-electron chi connectivity index (χ4n) is 2.79.